The zero-order valence-electron chi connectivity index (χ0n) is 11.4. The van der Waals surface area contributed by atoms with Crippen LogP contribution in [0, 0.1) is 5.41 Å². The van der Waals surface area contributed by atoms with Gasteiger partial charge in [0, 0.05) is 13.0 Å². The second-order valence-corrected chi connectivity index (χ2v) is 5.84. The molecule has 0 spiro atoms. The highest BCUT2D eigenvalue weighted by Gasteiger charge is 2.25. The second kappa shape index (κ2) is 5.40. The van der Waals surface area contributed by atoms with E-state index in [0.29, 0.717) is 6.42 Å². The van der Waals surface area contributed by atoms with Crippen molar-refractivity contribution in [1.82, 2.24) is 9.78 Å². The SMILES string of the molecule is CCc1nn(CC)c(CC(O)C(C)(C)C)c1Cl. The fourth-order valence-corrected chi connectivity index (χ4v) is 2.05. The second-order valence-electron chi connectivity index (χ2n) is 5.46. The van der Waals surface area contributed by atoms with Gasteiger partial charge in [-0.3, -0.25) is 4.68 Å². The van der Waals surface area contributed by atoms with Gasteiger partial charge in [-0.15, -0.1) is 0 Å². The van der Waals surface area contributed by atoms with Gasteiger partial charge in [0.05, 0.1) is 22.5 Å². The van der Waals surface area contributed by atoms with Gasteiger partial charge in [0.2, 0.25) is 0 Å². The normalized spacial score (nSPS) is 14.1. The number of aromatic nitrogens is 2. The molecule has 4 heteroatoms. The van der Waals surface area contributed by atoms with Gasteiger partial charge < -0.3 is 5.11 Å². The number of halogens is 1. The molecule has 17 heavy (non-hydrogen) atoms. The number of aliphatic hydroxyl groups is 1. The first-order valence-corrected chi connectivity index (χ1v) is 6.61. The first-order chi connectivity index (χ1) is 7.81. The highest BCUT2D eigenvalue weighted by Crippen LogP contribution is 2.27. The molecule has 0 amide bonds. The molecule has 0 saturated carbocycles. The summed E-state index contributed by atoms with van der Waals surface area (Å²) in [5, 5.41) is 15.3. The topological polar surface area (TPSA) is 38.0 Å². The molecule has 1 aromatic rings. The lowest BCUT2D eigenvalue weighted by Gasteiger charge is -2.26. The van der Waals surface area contributed by atoms with Crippen molar-refractivity contribution in [2.24, 2.45) is 5.41 Å². The van der Waals surface area contributed by atoms with E-state index in [1.807, 2.05) is 39.3 Å². The number of rotatable bonds is 4. The van der Waals surface area contributed by atoms with Crippen molar-refractivity contribution < 1.29 is 5.11 Å². The molecule has 1 heterocycles. The Balaban J connectivity index is 3.01. The Labute approximate surface area is 109 Å². The van der Waals surface area contributed by atoms with E-state index in [4.69, 9.17) is 11.6 Å². The van der Waals surface area contributed by atoms with E-state index >= 15 is 0 Å². The van der Waals surface area contributed by atoms with Crippen molar-refractivity contribution in [3.63, 3.8) is 0 Å². The summed E-state index contributed by atoms with van der Waals surface area (Å²) in [6.45, 7) is 10.9. The van der Waals surface area contributed by atoms with Crippen LogP contribution in [-0.2, 0) is 19.4 Å². The average Bonchev–Trinajstić information content (AvgIpc) is 2.54. The van der Waals surface area contributed by atoms with Crippen molar-refractivity contribution in [3.05, 3.63) is 16.4 Å². The number of aliphatic hydroxyl groups excluding tert-OH is 1. The average molecular weight is 259 g/mol. The van der Waals surface area contributed by atoms with E-state index in [2.05, 4.69) is 5.10 Å². The molecule has 3 nitrogen and oxygen atoms in total. The third kappa shape index (κ3) is 3.23. The molecule has 0 aliphatic carbocycles. The lowest BCUT2D eigenvalue weighted by molar-refractivity contribution is 0.0618. The van der Waals surface area contributed by atoms with Gasteiger partial charge in [-0.05, 0) is 18.8 Å². The van der Waals surface area contributed by atoms with Crippen LogP contribution in [0.2, 0.25) is 5.02 Å². The number of hydrogen-bond acceptors (Lipinski definition) is 2. The van der Waals surface area contributed by atoms with Crippen molar-refractivity contribution in [2.75, 3.05) is 0 Å². The van der Waals surface area contributed by atoms with Gasteiger partial charge in [-0.25, -0.2) is 0 Å². The summed E-state index contributed by atoms with van der Waals surface area (Å²) >= 11 is 6.31. The zero-order valence-corrected chi connectivity index (χ0v) is 12.2. The molecule has 98 valence electrons. The molecule has 0 aliphatic heterocycles. The molecule has 1 aromatic heterocycles. The van der Waals surface area contributed by atoms with E-state index in [1.165, 1.54) is 0 Å². The summed E-state index contributed by atoms with van der Waals surface area (Å²) in [4.78, 5) is 0. The third-order valence-corrected chi connectivity index (χ3v) is 3.52. The summed E-state index contributed by atoms with van der Waals surface area (Å²) in [5.74, 6) is 0. The number of nitrogens with zero attached hydrogens (tertiary/aromatic N) is 2. The molecular weight excluding hydrogens is 236 g/mol. The zero-order chi connectivity index (χ0) is 13.2. The Bertz CT molecular complexity index is 380. The molecule has 0 fully saturated rings. The smallest absolute Gasteiger partial charge is 0.0850 e. The maximum atomic E-state index is 10.2. The van der Waals surface area contributed by atoms with Crippen LogP contribution in [0.3, 0.4) is 0 Å². The maximum Gasteiger partial charge on any atom is 0.0850 e. The largest absolute Gasteiger partial charge is 0.392 e. The van der Waals surface area contributed by atoms with Crippen molar-refractivity contribution >= 4 is 11.6 Å². The fraction of sp³-hybridized carbons (Fsp3) is 0.769. The van der Waals surface area contributed by atoms with Crippen LogP contribution < -0.4 is 0 Å². The van der Waals surface area contributed by atoms with Gasteiger partial charge in [0.1, 0.15) is 0 Å². The van der Waals surface area contributed by atoms with Gasteiger partial charge >= 0.3 is 0 Å². The molecule has 1 rings (SSSR count). The van der Waals surface area contributed by atoms with Crippen LogP contribution in [0.5, 0.6) is 0 Å². The number of hydrogen-bond donors (Lipinski definition) is 1. The van der Waals surface area contributed by atoms with Gasteiger partial charge in [-0.2, -0.15) is 5.10 Å². The first kappa shape index (κ1) is 14.5. The Morgan fingerprint density at radius 3 is 2.35 bits per heavy atom. The molecule has 1 atom stereocenters. The van der Waals surface area contributed by atoms with E-state index in [9.17, 15) is 5.11 Å². The van der Waals surface area contributed by atoms with Gasteiger partial charge in [-0.1, -0.05) is 39.3 Å². The molecule has 1 unspecified atom stereocenters. The minimum absolute atomic E-state index is 0.140. The maximum absolute atomic E-state index is 10.2. The summed E-state index contributed by atoms with van der Waals surface area (Å²) in [6, 6.07) is 0. The molecule has 0 bridgehead atoms. The highest BCUT2D eigenvalue weighted by atomic mass is 35.5. The van der Waals surface area contributed by atoms with Crippen LogP contribution in [-0.4, -0.2) is 21.0 Å². The monoisotopic (exact) mass is 258 g/mol. The van der Waals surface area contributed by atoms with Crippen LogP contribution in [0.4, 0.5) is 0 Å². The Morgan fingerprint density at radius 2 is 1.94 bits per heavy atom. The molecule has 0 radical (unpaired) electrons. The highest BCUT2D eigenvalue weighted by molar-refractivity contribution is 6.31. The first-order valence-electron chi connectivity index (χ1n) is 6.23. The predicted molar refractivity (Wildman–Crippen MR) is 71.5 cm³/mol. The fourth-order valence-electron chi connectivity index (χ4n) is 1.70. The Morgan fingerprint density at radius 1 is 1.35 bits per heavy atom. The number of aryl methyl sites for hydroxylation is 2. The molecule has 0 saturated heterocycles. The van der Waals surface area contributed by atoms with E-state index < -0.39 is 6.10 Å². The van der Waals surface area contributed by atoms with Gasteiger partial charge in [0.15, 0.2) is 0 Å². The summed E-state index contributed by atoms with van der Waals surface area (Å²) in [6.07, 6.45) is 0.972. The Hall–Kier alpha value is -0.540. The van der Waals surface area contributed by atoms with Crippen LogP contribution >= 0.6 is 11.6 Å². The Kier molecular flexibility index (Phi) is 4.62. The van der Waals surface area contributed by atoms with Gasteiger partial charge in [0.25, 0.3) is 0 Å². The van der Waals surface area contributed by atoms with E-state index in [-0.39, 0.29) is 5.41 Å². The van der Waals surface area contributed by atoms with Crippen molar-refractivity contribution in [2.45, 2.75) is 60.1 Å². The molecule has 0 aliphatic rings. The lowest BCUT2D eigenvalue weighted by Crippen LogP contribution is -2.29. The minimum atomic E-state index is -0.410. The molecule has 1 N–H and O–H groups in total. The standard InChI is InChI=1S/C13H23ClN2O/c1-6-9-12(14)10(16(7-2)15-9)8-11(17)13(3,4)5/h11,17H,6-8H2,1-5H3. The summed E-state index contributed by atoms with van der Waals surface area (Å²) < 4.78 is 1.90. The predicted octanol–water partition coefficient (Wildman–Crippen LogP) is 3.07. The third-order valence-electron chi connectivity index (χ3n) is 3.08. The minimum Gasteiger partial charge on any atom is -0.392 e. The van der Waals surface area contributed by atoms with E-state index in [1.54, 1.807) is 0 Å². The van der Waals surface area contributed by atoms with Crippen LogP contribution in [0.25, 0.3) is 0 Å². The van der Waals surface area contributed by atoms with E-state index in [0.717, 1.165) is 29.4 Å². The lowest BCUT2D eigenvalue weighted by atomic mass is 9.86. The summed E-state index contributed by atoms with van der Waals surface area (Å²) in [7, 11) is 0. The van der Waals surface area contributed by atoms with Crippen molar-refractivity contribution in [1.29, 1.82) is 0 Å². The quantitative estimate of drug-likeness (QED) is 0.901. The van der Waals surface area contributed by atoms with Crippen LogP contribution in [0.1, 0.15) is 46.0 Å². The molecule has 0 aromatic carbocycles. The van der Waals surface area contributed by atoms with Crippen LogP contribution in [0.15, 0.2) is 0 Å². The van der Waals surface area contributed by atoms with Crippen molar-refractivity contribution in [3.8, 4) is 0 Å². The molecular formula is C13H23ClN2O. The summed E-state index contributed by atoms with van der Waals surface area (Å²) in [5.41, 5.74) is 1.73.